The van der Waals surface area contributed by atoms with Crippen LogP contribution in [-0.4, -0.2) is 82.7 Å². The van der Waals surface area contributed by atoms with Crippen LogP contribution in [0.15, 0.2) is 18.2 Å². The smallest absolute Gasteiger partial charge is 0.380 e. The van der Waals surface area contributed by atoms with E-state index >= 15 is 0 Å². The first-order valence-electron chi connectivity index (χ1n) is 11.3. The number of rotatable bonds is 7. The molecular formula is C21H26F3N7O3S. The number of amides is 1. The molecule has 10 nitrogen and oxygen atoms in total. The van der Waals surface area contributed by atoms with E-state index in [4.69, 9.17) is 0 Å². The zero-order chi connectivity index (χ0) is 25.2. The van der Waals surface area contributed by atoms with Crippen LogP contribution in [0.25, 0.3) is 0 Å². The van der Waals surface area contributed by atoms with Crippen molar-refractivity contribution in [3.8, 4) is 0 Å². The molecule has 0 unspecified atom stereocenters. The number of anilines is 2. The van der Waals surface area contributed by atoms with E-state index in [0.717, 1.165) is 48.5 Å². The number of carbonyl (C=O) groups excluding carboxylic acids is 1. The number of nitrogens with zero attached hydrogens (tertiary/aromatic N) is 6. The monoisotopic (exact) mass is 513 g/mol. The zero-order valence-electron chi connectivity index (χ0n) is 19.1. The minimum Gasteiger partial charge on any atom is -0.380 e. The number of aryl methyl sites for hydroxylation is 1. The van der Waals surface area contributed by atoms with Crippen LogP contribution in [0.3, 0.4) is 0 Å². The second kappa shape index (κ2) is 10.3. The third kappa shape index (κ3) is 6.17. The Balaban J connectivity index is 1.24. The Morgan fingerprint density at radius 2 is 1.97 bits per heavy atom. The van der Waals surface area contributed by atoms with E-state index in [-0.39, 0.29) is 17.6 Å². The van der Waals surface area contributed by atoms with Gasteiger partial charge in [-0.2, -0.15) is 13.2 Å². The summed E-state index contributed by atoms with van der Waals surface area (Å²) in [6.45, 7) is 6.78. The Morgan fingerprint density at radius 3 is 2.60 bits per heavy atom. The molecule has 0 spiro atoms. The van der Waals surface area contributed by atoms with Crippen molar-refractivity contribution in [1.29, 1.82) is 0 Å². The Kier molecular flexibility index (Phi) is 7.40. The lowest BCUT2D eigenvalue weighted by Crippen LogP contribution is -2.47. The number of hydrogen-bond donors (Lipinski definition) is 1. The highest BCUT2D eigenvalue weighted by molar-refractivity contribution is 7.15. The predicted molar refractivity (Wildman–Crippen MR) is 125 cm³/mol. The van der Waals surface area contributed by atoms with Gasteiger partial charge in [-0.1, -0.05) is 11.3 Å². The van der Waals surface area contributed by atoms with Gasteiger partial charge in [0.1, 0.15) is 10.6 Å². The molecule has 0 bridgehead atoms. The Bertz CT molecular complexity index is 1070. The SMILES string of the molecule is Cc1nnc(N2CCN(CCC(=O)N3CC[C@@H](Nc4ccc([N+](=O)[O-])c(C(F)(F)F)c4)C3)CC2)s1. The van der Waals surface area contributed by atoms with Gasteiger partial charge in [-0.3, -0.25) is 19.8 Å². The summed E-state index contributed by atoms with van der Waals surface area (Å²) < 4.78 is 39.7. The Labute approximate surface area is 203 Å². The molecule has 2 aliphatic rings. The van der Waals surface area contributed by atoms with Crippen molar-refractivity contribution in [2.24, 2.45) is 0 Å². The summed E-state index contributed by atoms with van der Waals surface area (Å²) in [6, 6.07) is 2.65. The maximum atomic E-state index is 13.2. The molecule has 190 valence electrons. The van der Waals surface area contributed by atoms with Gasteiger partial charge in [0, 0.05) is 70.0 Å². The van der Waals surface area contributed by atoms with Gasteiger partial charge in [-0.15, -0.1) is 10.2 Å². The van der Waals surface area contributed by atoms with Gasteiger partial charge in [0.05, 0.1) is 4.92 Å². The van der Waals surface area contributed by atoms with E-state index < -0.39 is 22.4 Å². The molecule has 1 N–H and O–H groups in total. The number of hydrogen-bond acceptors (Lipinski definition) is 9. The number of benzene rings is 1. The quantitative estimate of drug-likeness (QED) is 0.445. The van der Waals surface area contributed by atoms with Crippen molar-refractivity contribution in [3.05, 3.63) is 38.9 Å². The maximum absolute atomic E-state index is 13.2. The van der Waals surface area contributed by atoms with E-state index in [1.807, 2.05) is 6.92 Å². The molecule has 35 heavy (non-hydrogen) atoms. The van der Waals surface area contributed by atoms with Crippen LogP contribution in [-0.2, 0) is 11.0 Å². The average Bonchev–Trinajstić information content (AvgIpc) is 3.46. The highest BCUT2D eigenvalue weighted by Crippen LogP contribution is 2.37. The van der Waals surface area contributed by atoms with E-state index in [9.17, 15) is 28.1 Å². The minimum atomic E-state index is -4.83. The molecule has 2 aromatic rings. The number of aromatic nitrogens is 2. The fourth-order valence-electron chi connectivity index (χ4n) is 4.34. The standard InChI is InChI=1S/C21H26F3N7O3S/c1-14-26-27-20(35-14)29-10-8-28(9-11-29)6-5-19(32)30-7-4-16(13-30)25-15-2-3-18(31(33)34)17(12-15)21(22,23)24/h2-3,12,16,25H,4-11,13H2,1H3/t16-/m1/s1. The van der Waals surface area contributed by atoms with Crippen LogP contribution >= 0.6 is 11.3 Å². The summed E-state index contributed by atoms with van der Waals surface area (Å²) in [5.74, 6) is 0.0103. The molecule has 3 heterocycles. The lowest BCUT2D eigenvalue weighted by atomic mass is 10.1. The fraction of sp³-hybridized carbons (Fsp3) is 0.571. The van der Waals surface area contributed by atoms with Gasteiger partial charge in [0.25, 0.3) is 5.69 Å². The second-order valence-electron chi connectivity index (χ2n) is 8.64. The van der Waals surface area contributed by atoms with Gasteiger partial charge in [0.15, 0.2) is 0 Å². The number of piperazine rings is 1. The fourth-order valence-corrected chi connectivity index (χ4v) is 5.08. The number of halogens is 3. The summed E-state index contributed by atoms with van der Waals surface area (Å²) >= 11 is 1.57. The van der Waals surface area contributed by atoms with Gasteiger partial charge >= 0.3 is 6.18 Å². The van der Waals surface area contributed by atoms with Gasteiger partial charge in [0.2, 0.25) is 11.0 Å². The summed E-state index contributed by atoms with van der Waals surface area (Å²) in [7, 11) is 0. The van der Waals surface area contributed by atoms with Crippen LogP contribution in [0.2, 0.25) is 0 Å². The van der Waals surface area contributed by atoms with Crippen molar-refractivity contribution in [2.45, 2.75) is 32.0 Å². The lowest BCUT2D eigenvalue weighted by Gasteiger charge is -2.34. The Morgan fingerprint density at radius 1 is 1.23 bits per heavy atom. The molecule has 2 fully saturated rings. The van der Waals surface area contributed by atoms with Crippen LogP contribution in [0.4, 0.5) is 29.7 Å². The van der Waals surface area contributed by atoms with Crippen LogP contribution < -0.4 is 10.2 Å². The lowest BCUT2D eigenvalue weighted by molar-refractivity contribution is -0.388. The van der Waals surface area contributed by atoms with Crippen molar-refractivity contribution >= 4 is 33.8 Å². The van der Waals surface area contributed by atoms with E-state index in [1.54, 1.807) is 16.2 Å². The molecule has 0 saturated carbocycles. The average molecular weight is 514 g/mol. The molecule has 0 aliphatic carbocycles. The third-order valence-electron chi connectivity index (χ3n) is 6.21. The topological polar surface area (TPSA) is 108 Å². The van der Waals surface area contributed by atoms with Crippen molar-refractivity contribution in [2.75, 3.05) is 56.0 Å². The van der Waals surface area contributed by atoms with Crippen molar-refractivity contribution in [3.63, 3.8) is 0 Å². The summed E-state index contributed by atoms with van der Waals surface area (Å²) in [6.07, 6.45) is -3.87. The van der Waals surface area contributed by atoms with Crippen LogP contribution in [0, 0.1) is 17.0 Å². The predicted octanol–water partition coefficient (Wildman–Crippen LogP) is 3.00. The highest BCUT2D eigenvalue weighted by atomic mass is 32.1. The molecule has 0 radical (unpaired) electrons. The van der Waals surface area contributed by atoms with Crippen LogP contribution in [0.1, 0.15) is 23.4 Å². The normalized spacial score (nSPS) is 19.3. The van der Waals surface area contributed by atoms with E-state index in [1.165, 1.54) is 6.07 Å². The van der Waals surface area contributed by atoms with Crippen LogP contribution in [0.5, 0.6) is 0 Å². The molecule has 1 aromatic carbocycles. The molecule has 14 heteroatoms. The first-order valence-corrected chi connectivity index (χ1v) is 12.1. The molecule has 1 aromatic heterocycles. The molecule has 2 aliphatic heterocycles. The van der Waals surface area contributed by atoms with Crippen molar-refractivity contribution < 1.29 is 22.9 Å². The third-order valence-corrected chi connectivity index (χ3v) is 7.11. The summed E-state index contributed by atoms with van der Waals surface area (Å²) in [5, 5.41) is 24.0. The first kappa shape index (κ1) is 25.1. The Hall–Kier alpha value is -3.00. The molecular weight excluding hydrogens is 487 g/mol. The summed E-state index contributed by atoms with van der Waals surface area (Å²) in [5.41, 5.74) is -2.13. The first-order chi connectivity index (χ1) is 16.6. The summed E-state index contributed by atoms with van der Waals surface area (Å²) in [4.78, 5) is 28.7. The molecule has 2 saturated heterocycles. The zero-order valence-corrected chi connectivity index (χ0v) is 19.9. The number of nitro groups is 1. The minimum absolute atomic E-state index is 0.0103. The van der Waals surface area contributed by atoms with Gasteiger partial charge in [-0.25, -0.2) is 0 Å². The van der Waals surface area contributed by atoms with E-state index in [2.05, 4.69) is 25.3 Å². The largest absolute Gasteiger partial charge is 0.423 e. The maximum Gasteiger partial charge on any atom is 0.423 e. The van der Waals surface area contributed by atoms with Gasteiger partial charge in [-0.05, 0) is 25.5 Å². The number of carbonyl (C=O) groups is 1. The molecule has 1 amide bonds. The number of nitro benzene ring substituents is 1. The molecule has 1 atom stereocenters. The van der Waals surface area contributed by atoms with Crippen molar-refractivity contribution in [1.82, 2.24) is 20.0 Å². The highest BCUT2D eigenvalue weighted by Gasteiger charge is 2.38. The number of nitrogens with one attached hydrogen (secondary N) is 1. The molecule has 4 rings (SSSR count). The van der Waals surface area contributed by atoms with E-state index in [0.29, 0.717) is 32.5 Å². The van der Waals surface area contributed by atoms with Gasteiger partial charge < -0.3 is 15.1 Å². The second-order valence-corrected chi connectivity index (χ2v) is 9.80. The number of likely N-dealkylation sites (tertiary alicyclic amines) is 1. The number of alkyl halides is 3.